The molecule has 126 valence electrons. The minimum absolute atomic E-state index is 0.931. The van der Waals surface area contributed by atoms with Crippen molar-refractivity contribution in [2.75, 3.05) is 32.7 Å². The van der Waals surface area contributed by atoms with Crippen LogP contribution in [0.25, 0.3) is 0 Å². The maximum Gasteiger partial charge on any atom is 0.137 e. The first-order valence-corrected chi connectivity index (χ1v) is 9.64. The Balaban J connectivity index is 1.16. The van der Waals surface area contributed by atoms with Crippen LogP contribution < -0.4 is 0 Å². The molecular formula is C18H29N5. The highest BCUT2D eigenvalue weighted by molar-refractivity contribution is 5.02. The van der Waals surface area contributed by atoms with Gasteiger partial charge in [-0.2, -0.15) is 5.10 Å². The van der Waals surface area contributed by atoms with E-state index in [9.17, 15) is 0 Å². The minimum Gasteiger partial charge on any atom is -0.299 e. The van der Waals surface area contributed by atoms with E-state index >= 15 is 0 Å². The van der Waals surface area contributed by atoms with E-state index in [1.165, 1.54) is 26.2 Å². The molecular weight excluding hydrogens is 286 g/mol. The van der Waals surface area contributed by atoms with Crippen LogP contribution in [-0.2, 0) is 6.54 Å². The minimum atomic E-state index is 0.931. The second-order valence-corrected chi connectivity index (χ2v) is 8.46. The number of rotatable bonds is 4. The molecule has 6 rings (SSSR count). The molecule has 0 aromatic carbocycles. The van der Waals surface area contributed by atoms with Gasteiger partial charge in [-0.3, -0.25) is 14.5 Å². The number of aromatic nitrogens is 3. The summed E-state index contributed by atoms with van der Waals surface area (Å²) in [4.78, 5) is 9.51. The fraction of sp³-hybridized carbons (Fsp3) is 0.889. The largest absolute Gasteiger partial charge is 0.299 e. The quantitative estimate of drug-likeness (QED) is 0.848. The Morgan fingerprint density at radius 3 is 2.13 bits per heavy atom. The third-order valence-corrected chi connectivity index (χ3v) is 7.12. The molecule has 1 saturated heterocycles. The van der Waals surface area contributed by atoms with Crippen LogP contribution in [0.4, 0.5) is 0 Å². The second-order valence-electron chi connectivity index (χ2n) is 8.46. The highest BCUT2D eigenvalue weighted by atomic mass is 15.3. The van der Waals surface area contributed by atoms with Crippen molar-refractivity contribution in [1.82, 2.24) is 24.6 Å². The molecule has 1 aromatic heterocycles. The van der Waals surface area contributed by atoms with Gasteiger partial charge in [-0.15, -0.1) is 0 Å². The summed E-state index contributed by atoms with van der Waals surface area (Å²) in [6.45, 7) is 7.11. The van der Waals surface area contributed by atoms with Crippen LogP contribution >= 0.6 is 0 Å². The third kappa shape index (κ3) is 2.72. The van der Waals surface area contributed by atoms with Gasteiger partial charge in [0.05, 0.1) is 6.54 Å². The maximum absolute atomic E-state index is 4.21. The molecule has 0 atom stereocenters. The maximum atomic E-state index is 4.21. The van der Waals surface area contributed by atoms with Crippen LogP contribution in [0.3, 0.4) is 0 Å². The summed E-state index contributed by atoms with van der Waals surface area (Å²) in [7, 11) is 0. The zero-order valence-electron chi connectivity index (χ0n) is 14.1. The fourth-order valence-electron chi connectivity index (χ4n) is 6.37. The van der Waals surface area contributed by atoms with E-state index in [1.54, 1.807) is 38.4 Å². The molecule has 0 unspecified atom stereocenters. The van der Waals surface area contributed by atoms with Crippen molar-refractivity contribution in [1.29, 1.82) is 0 Å². The van der Waals surface area contributed by atoms with Gasteiger partial charge in [-0.1, -0.05) is 0 Å². The molecule has 5 heteroatoms. The van der Waals surface area contributed by atoms with Crippen LogP contribution in [0.2, 0.25) is 0 Å². The SMILES string of the molecule is c1ncn(CCN2CCN(C3C4CC5CC(C4)CC3C5)CC2)n1. The normalized spacial score (nSPS) is 40.8. The lowest BCUT2D eigenvalue weighted by Crippen LogP contribution is -2.60. The van der Waals surface area contributed by atoms with Gasteiger partial charge in [0.25, 0.3) is 0 Å². The molecule has 5 fully saturated rings. The van der Waals surface area contributed by atoms with E-state index in [4.69, 9.17) is 0 Å². The first kappa shape index (κ1) is 14.4. The van der Waals surface area contributed by atoms with E-state index in [-0.39, 0.29) is 0 Å². The lowest BCUT2D eigenvalue weighted by molar-refractivity contribution is -0.0765. The molecule has 1 aromatic rings. The summed E-state index contributed by atoms with van der Waals surface area (Å²) < 4.78 is 1.95. The van der Waals surface area contributed by atoms with Gasteiger partial charge >= 0.3 is 0 Å². The van der Waals surface area contributed by atoms with Crippen LogP contribution in [0.15, 0.2) is 12.7 Å². The van der Waals surface area contributed by atoms with Crippen molar-refractivity contribution >= 4 is 0 Å². The van der Waals surface area contributed by atoms with E-state index in [2.05, 4.69) is 19.9 Å². The number of nitrogens with zero attached hydrogens (tertiary/aromatic N) is 5. The van der Waals surface area contributed by atoms with Gasteiger partial charge in [0.2, 0.25) is 0 Å². The Labute approximate surface area is 139 Å². The van der Waals surface area contributed by atoms with Crippen LogP contribution in [0.5, 0.6) is 0 Å². The summed E-state index contributed by atoms with van der Waals surface area (Å²) in [5, 5.41) is 4.21. The predicted octanol–water partition coefficient (Wildman–Crippen LogP) is 1.72. The lowest BCUT2D eigenvalue weighted by Gasteiger charge is -2.58. The van der Waals surface area contributed by atoms with Crippen molar-refractivity contribution in [3.63, 3.8) is 0 Å². The standard InChI is InChI=1S/C18H29N5/c1-4-22(5-2-21(1)3-6-23-13-19-12-20-23)18-16-8-14-7-15(10-16)11-17(18)9-14/h12-18H,1-11H2. The van der Waals surface area contributed by atoms with E-state index in [1.807, 2.05) is 11.0 Å². The number of piperazine rings is 1. The highest BCUT2D eigenvalue weighted by Gasteiger charge is 2.50. The topological polar surface area (TPSA) is 37.2 Å². The van der Waals surface area contributed by atoms with E-state index in [0.717, 1.165) is 42.8 Å². The molecule has 0 radical (unpaired) electrons. The van der Waals surface area contributed by atoms with Gasteiger partial charge in [-0.05, 0) is 55.8 Å². The van der Waals surface area contributed by atoms with E-state index < -0.39 is 0 Å². The first-order chi connectivity index (χ1) is 11.3. The van der Waals surface area contributed by atoms with Crippen molar-refractivity contribution in [3.8, 4) is 0 Å². The Morgan fingerprint density at radius 2 is 1.52 bits per heavy atom. The van der Waals surface area contributed by atoms with Crippen molar-refractivity contribution < 1.29 is 0 Å². The molecule has 0 spiro atoms. The van der Waals surface area contributed by atoms with Crippen molar-refractivity contribution in [2.24, 2.45) is 23.7 Å². The molecule has 4 saturated carbocycles. The fourth-order valence-corrected chi connectivity index (χ4v) is 6.37. The smallest absolute Gasteiger partial charge is 0.137 e. The summed E-state index contributed by atoms with van der Waals surface area (Å²) in [6, 6.07) is 0.931. The molecule has 0 N–H and O–H groups in total. The van der Waals surface area contributed by atoms with Gasteiger partial charge < -0.3 is 0 Å². The molecule has 4 bridgehead atoms. The first-order valence-electron chi connectivity index (χ1n) is 9.64. The Hall–Kier alpha value is -0.940. The van der Waals surface area contributed by atoms with Gasteiger partial charge in [-0.25, -0.2) is 4.98 Å². The monoisotopic (exact) mass is 315 g/mol. The van der Waals surface area contributed by atoms with Crippen LogP contribution in [0, 0.1) is 23.7 Å². The Morgan fingerprint density at radius 1 is 0.826 bits per heavy atom. The zero-order chi connectivity index (χ0) is 15.2. The summed E-state index contributed by atoms with van der Waals surface area (Å²) in [6.07, 6.45) is 11.2. The van der Waals surface area contributed by atoms with Gasteiger partial charge in [0, 0.05) is 38.8 Å². The molecule has 5 nitrogen and oxygen atoms in total. The zero-order valence-corrected chi connectivity index (χ0v) is 14.1. The third-order valence-electron chi connectivity index (χ3n) is 7.12. The van der Waals surface area contributed by atoms with Crippen molar-refractivity contribution in [3.05, 3.63) is 12.7 Å². The predicted molar refractivity (Wildman–Crippen MR) is 88.9 cm³/mol. The Bertz CT molecular complexity index is 492. The molecule has 2 heterocycles. The Kier molecular flexibility index (Phi) is 3.66. The van der Waals surface area contributed by atoms with Crippen LogP contribution in [-0.4, -0.2) is 63.3 Å². The van der Waals surface area contributed by atoms with Gasteiger partial charge in [0.1, 0.15) is 12.7 Å². The van der Waals surface area contributed by atoms with Gasteiger partial charge in [0.15, 0.2) is 0 Å². The highest BCUT2D eigenvalue weighted by Crippen LogP contribution is 2.55. The molecule has 23 heavy (non-hydrogen) atoms. The summed E-state index contributed by atoms with van der Waals surface area (Å²) >= 11 is 0. The van der Waals surface area contributed by atoms with E-state index in [0.29, 0.717) is 0 Å². The average molecular weight is 315 g/mol. The van der Waals surface area contributed by atoms with Crippen LogP contribution in [0.1, 0.15) is 32.1 Å². The lowest BCUT2D eigenvalue weighted by atomic mass is 9.54. The summed E-state index contributed by atoms with van der Waals surface area (Å²) in [5.41, 5.74) is 0. The molecule has 5 aliphatic rings. The molecule has 1 aliphatic heterocycles. The molecule has 4 aliphatic carbocycles. The number of hydrogen-bond donors (Lipinski definition) is 0. The van der Waals surface area contributed by atoms with Crippen molar-refractivity contribution in [2.45, 2.75) is 44.7 Å². The average Bonchev–Trinajstić information content (AvgIpc) is 3.06. The second kappa shape index (κ2) is 5.85. The number of hydrogen-bond acceptors (Lipinski definition) is 4. The summed E-state index contributed by atoms with van der Waals surface area (Å²) in [5.74, 6) is 4.26. The molecule has 0 amide bonds.